The first-order valence-electron chi connectivity index (χ1n) is 6.84. The number of likely N-dealkylation sites (tertiary alicyclic amines) is 1. The van der Waals surface area contributed by atoms with Gasteiger partial charge in [0, 0.05) is 24.7 Å². The van der Waals surface area contributed by atoms with Gasteiger partial charge < -0.3 is 14.6 Å². The molecule has 0 aliphatic carbocycles. The van der Waals surface area contributed by atoms with Gasteiger partial charge in [0.25, 0.3) is 0 Å². The van der Waals surface area contributed by atoms with Crippen LogP contribution in [0, 0.1) is 5.92 Å². The predicted octanol–water partition coefficient (Wildman–Crippen LogP) is 2.90. The van der Waals surface area contributed by atoms with Crippen LogP contribution in [0.15, 0.2) is 12.1 Å². The Labute approximate surface area is 120 Å². The molecular formula is C14H16F3NO3. The van der Waals surface area contributed by atoms with Gasteiger partial charge in [0.2, 0.25) is 6.79 Å². The highest BCUT2D eigenvalue weighted by molar-refractivity contribution is 5.51. The number of rotatable bonds is 2. The molecule has 3 rings (SSSR count). The van der Waals surface area contributed by atoms with Crippen molar-refractivity contribution >= 4 is 0 Å². The van der Waals surface area contributed by atoms with E-state index in [1.807, 2.05) is 0 Å². The van der Waals surface area contributed by atoms with Crippen LogP contribution in [0.4, 0.5) is 13.2 Å². The molecule has 0 bridgehead atoms. The van der Waals surface area contributed by atoms with Crippen molar-refractivity contribution in [3.05, 3.63) is 17.7 Å². The minimum absolute atomic E-state index is 0.0217. The lowest BCUT2D eigenvalue weighted by Gasteiger charge is -2.33. The zero-order valence-electron chi connectivity index (χ0n) is 11.3. The minimum atomic E-state index is -4.16. The Hall–Kier alpha value is -1.63. The molecule has 7 heteroatoms. The summed E-state index contributed by atoms with van der Waals surface area (Å²) in [7, 11) is 0. The number of piperidine rings is 1. The van der Waals surface area contributed by atoms with E-state index in [2.05, 4.69) is 0 Å². The molecule has 0 radical (unpaired) electrons. The third-order valence-electron chi connectivity index (χ3n) is 3.94. The van der Waals surface area contributed by atoms with Crippen molar-refractivity contribution in [2.75, 3.05) is 19.9 Å². The maximum atomic E-state index is 12.8. The first kappa shape index (κ1) is 14.3. The zero-order chi connectivity index (χ0) is 15.0. The standard InChI is InChI=1S/C14H16F3NO3/c15-14(16,17)10-2-1-3-18(7-10)6-9-4-12-13(5-11(9)19)21-8-20-12/h4-5,10,19H,1-3,6-8H2/t10-/m1/s1. The van der Waals surface area contributed by atoms with Gasteiger partial charge in [-0.05, 0) is 25.5 Å². The summed E-state index contributed by atoms with van der Waals surface area (Å²) in [5.41, 5.74) is 0.557. The molecule has 0 saturated carbocycles. The van der Waals surface area contributed by atoms with Crippen molar-refractivity contribution < 1.29 is 27.8 Å². The van der Waals surface area contributed by atoms with Crippen molar-refractivity contribution in [1.82, 2.24) is 4.90 Å². The fraction of sp³-hybridized carbons (Fsp3) is 0.571. The lowest BCUT2D eigenvalue weighted by atomic mass is 9.97. The highest BCUT2D eigenvalue weighted by Crippen LogP contribution is 2.39. The van der Waals surface area contributed by atoms with E-state index >= 15 is 0 Å². The van der Waals surface area contributed by atoms with Crippen LogP contribution in [0.5, 0.6) is 17.2 Å². The van der Waals surface area contributed by atoms with E-state index in [0.29, 0.717) is 30.0 Å². The Morgan fingerprint density at radius 1 is 1.24 bits per heavy atom. The number of fused-ring (bicyclic) bond motifs is 1. The third kappa shape index (κ3) is 3.02. The summed E-state index contributed by atoms with van der Waals surface area (Å²) in [6.45, 7) is 0.936. The summed E-state index contributed by atoms with van der Waals surface area (Å²) < 4.78 is 48.8. The van der Waals surface area contributed by atoms with Gasteiger partial charge >= 0.3 is 6.18 Å². The average molecular weight is 303 g/mol. The monoisotopic (exact) mass is 303 g/mol. The van der Waals surface area contributed by atoms with Gasteiger partial charge in [-0.1, -0.05) is 0 Å². The summed E-state index contributed by atoms with van der Waals surface area (Å²) in [4.78, 5) is 1.72. The summed E-state index contributed by atoms with van der Waals surface area (Å²) in [6, 6.07) is 3.08. The van der Waals surface area contributed by atoms with Gasteiger partial charge in [-0.15, -0.1) is 0 Å². The van der Waals surface area contributed by atoms with Crippen molar-refractivity contribution in [2.24, 2.45) is 5.92 Å². The number of benzene rings is 1. The number of aromatic hydroxyl groups is 1. The number of phenolic OH excluding ortho intramolecular Hbond substituents is 1. The lowest BCUT2D eigenvalue weighted by Crippen LogP contribution is -2.41. The molecule has 0 unspecified atom stereocenters. The van der Waals surface area contributed by atoms with Crippen LogP contribution >= 0.6 is 0 Å². The fourth-order valence-corrected chi connectivity index (χ4v) is 2.81. The van der Waals surface area contributed by atoms with E-state index in [1.165, 1.54) is 6.07 Å². The fourth-order valence-electron chi connectivity index (χ4n) is 2.81. The molecule has 4 nitrogen and oxygen atoms in total. The largest absolute Gasteiger partial charge is 0.507 e. The van der Waals surface area contributed by atoms with Crippen molar-refractivity contribution in [1.29, 1.82) is 0 Å². The quantitative estimate of drug-likeness (QED) is 0.912. The smallest absolute Gasteiger partial charge is 0.393 e. The van der Waals surface area contributed by atoms with E-state index in [9.17, 15) is 18.3 Å². The van der Waals surface area contributed by atoms with Gasteiger partial charge in [-0.3, -0.25) is 4.90 Å². The molecule has 1 N–H and O–H groups in total. The molecule has 21 heavy (non-hydrogen) atoms. The molecule has 1 atom stereocenters. The first-order valence-corrected chi connectivity index (χ1v) is 6.84. The molecule has 2 aliphatic rings. The summed E-state index contributed by atoms with van der Waals surface area (Å²) in [6.07, 6.45) is -3.47. The molecule has 1 aromatic carbocycles. The second-order valence-corrected chi connectivity index (χ2v) is 5.45. The van der Waals surface area contributed by atoms with E-state index in [4.69, 9.17) is 9.47 Å². The molecule has 0 aromatic heterocycles. The van der Waals surface area contributed by atoms with Gasteiger partial charge in [-0.2, -0.15) is 13.2 Å². The summed E-state index contributed by atoms with van der Waals surface area (Å²) in [5, 5.41) is 9.95. The average Bonchev–Trinajstić information content (AvgIpc) is 2.85. The predicted molar refractivity (Wildman–Crippen MR) is 68.3 cm³/mol. The molecule has 116 valence electrons. The molecule has 2 heterocycles. The minimum Gasteiger partial charge on any atom is -0.507 e. The molecule has 2 aliphatic heterocycles. The zero-order valence-corrected chi connectivity index (χ0v) is 11.3. The highest BCUT2D eigenvalue weighted by Gasteiger charge is 2.41. The Kier molecular flexibility index (Phi) is 3.61. The van der Waals surface area contributed by atoms with E-state index in [1.54, 1.807) is 11.0 Å². The van der Waals surface area contributed by atoms with Gasteiger partial charge in [0.15, 0.2) is 11.5 Å². The molecule has 0 spiro atoms. The maximum absolute atomic E-state index is 12.8. The highest BCUT2D eigenvalue weighted by atomic mass is 19.4. The van der Waals surface area contributed by atoms with E-state index in [-0.39, 0.29) is 32.1 Å². The number of nitrogens with zero attached hydrogens (tertiary/aromatic N) is 1. The van der Waals surface area contributed by atoms with Crippen LogP contribution in [-0.4, -0.2) is 36.1 Å². The Balaban J connectivity index is 1.72. The van der Waals surface area contributed by atoms with Crippen molar-refractivity contribution in [3.63, 3.8) is 0 Å². The number of hydrogen-bond donors (Lipinski definition) is 1. The summed E-state index contributed by atoms with van der Waals surface area (Å²) >= 11 is 0. The number of alkyl halides is 3. The van der Waals surface area contributed by atoms with Crippen LogP contribution < -0.4 is 9.47 Å². The van der Waals surface area contributed by atoms with Crippen LogP contribution in [0.2, 0.25) is 0 Å². The topological polar surface area (TPSA) is 41.9 Å². The Morgan fingerprint density at radius 2 is 1.95 bits per heavy atom. The van der Waals surface area contributed by atoms with Crippen LogP contribution in [0.3, 0.4) is 0 Å². The molecule has 1 aromatic rings. The summed E-state index contributed by atoms with van der Waals surface area (Å²) in [5.74, 6) is -0.286. The second-order valence-electron chi connectivity index (χ2n) is 5.45. The molecular weight excluding hydrogens is 287 g/mol. The van der Waals surface area contributed by atoms with Gasteiger partial charge in [0.1, 0.15) is 5.75 Å². The SMILES string of the molecule is Oc1cc2c(cc1CN1CCC[C@@H](C(F)(F)F)C1)OCO2. The molecule has 1 fully saturated rings. The molecule has 0 amide bonds. The van der Waals surface area contributed by atoms with E-state index < -0.39 is 12.1 Å². The number of ether oxygens (including phenoxy) is 2. The maximum Gasteiger partial charge on any atom is 0.393 e. The van der Waals surface area contributed by atoms with Crippen LogP contribution in [-0.2, 0) is 6.54 Å². The van der Waals surface area contributed by atoms with E-state index in [0.717, 1.165) is 0 Å². The number of halogens is 3. The molecule has 1 saturated heterocycles. The van der Waals surface area contributed by atoms with Crippen molar-refractivity contribution in [2.45, 2.75) is 25.6 Å². The first-order chi connectivity index (χ1) is 9.93. The lowest BCUT2D eigenvalue weighted by molar-refractivity contribution is -0.187. The van der Waals surface area contributed by atoms with Crippen molar-refractivity contribution in [3.8, 4) is 17.2 Å². The number of phenols is 1. The Bertz CT molecular complexity index is 533. The second kappa shape index (κ2) is 5.29. The van der Waals surface area contributed by atoms with Crippen LogP contribution in [0.25, 0.3) is 0 Å². The van der Waals surface area contributed by atoms with Gasteiger partial charge in [-0.25, -0.2) is 0 Å². The van der Waals surface area contributed by atoms with Gasteiger partial charge in [0.05, 0.1) is 5.92 Å². The normalized spacial score (nSPS) is 22.5. The van der Waals surface area contributed by atoms with Crippen LogP contribution in [0.1, 0.15) is 18.4 Å². The third-order valence-corrected chi connectivity index (χ3v) is 3.94. The number of hydrogen-bond acceptors (Lipinski definition) is 4. The Morgan fingerprint density at radius 3 is 2.67 bits per heavy atom.